The number of benzene rings is 1. The molecule has 1 aliphatic rings. The van der Waals surface area contributed by atoms with E-state index in [1.54, 1.807) is 12.3 Å². The standard InChI is InChI=1S/C24H30ClFN4/c1-18(22(25)16-28-17-27-14-19-7-3-2-4-8-19)23-11-6-12-24(30-23)29-15-20-9-5-10-21(26)13-20/h5-6,9-13,16,19,27H,2-4,7-8,14-15,17H2,1H3,(H,29,30)/b22-18-,28-16-. The fraction of sp³-hybridized carbons (Fsp3) is 0.417. The first-order valence-corrected chi connectivity index (χ1v) is 11.0. The van der Waals surface area contributed by atoms with Gasteiger partial charge in [-0.1, -0.05) is 49.1 Å². The quantitative estimate of drug-likeness (QED) is 0.380. The zero-order chi connectivity index (χ0) is 21.2. The van der Waals surface area contributed by atoms with Crippen LogP contribution in [0.1, 0.15) is 50.3 Å². The normalized spacial score (nSPS) is 16.0. The number of aliphatic imine (C=N–C) groups is 1. The number of rotatable bonds is 9. The number of hydrogen-bond acceptors (Lipinski definition) is 4. The van der Waals surface area contributed by atoms with Gasteiger partial charge in [0.2, 0.25) is 0 Å². The molecule has 0 radical (unpaired) electrons. The first-order chi connectivity index (χ1) is 14.6. The Morgan fingerprint density at radius 1 is 1.20 bits per heavy atom. The van der Waals surface area contributed by atoms with Crippen LogP contribution in [-0.2, 0) is 6.54 Å². The molecule has 0 spiro atoms. The van der Waals surface area contributed by atoms with Crippen LogP contribution in [0, 0.1) is 11.7 Å². The third kappa shape index (κ3) is 7.22. The average molecular weight is 429 g/mol. The van der Waals surface area contributed by atoms with Crippen LogP contribution in [-0.4, -0.2) is 24.4 Å². The van der Waals surface area contributed by atoms with Crippen molar-refractivity contribution in [1.82, 2.24) is 10.3 Å². The lowest BCUT2D eigenvalue weighted by Crippen LogP contribution is -2.24. The van der Waals surface area contributed by atoms with E-state index < -0.39 is 0 Å². The molecule has 1 aromatic heterocycles. The Kier molecular flexibility index (Phi) is 8.84. The van der Waals surface area contributed by atoms with E-state index in [1.807, 2.05) is 31.2 Å². The molecule has 3 rings (SSSR count). The number of nitrogens with one attached hydrogen (secondary N) is 2. The molecule has 160 valence electrons. The van der Waals surface area contributed by atoms with Gasteiger partial charge in [-0.2, -0.15) is 0 Å². The van der Waals surface area contributed by atoms with E-state index in [0.717, 1.165) is 29.3 Å². The first-order valence-electron chi connectivity index (χ1n) is 10.6. The van der Waals surface area contributed by atoms with Crippen LogP contribution in [0.2, 0.25) is 0 Å². The van der Waals surface area contributed by atoms with Gasteiger partial charge < -0.3 is 5.32 Å². The van der Waals surface area contributed by atoms with Gasteiger partial charge in [-0.05, 0) is 67.6 Å². The van der Waals surface area contributed by atoms with Crippen LogP contribution < -0.4 is 10.6 Å². The fourth-order valence-corrected chi connectivity index (χ4v) is 3.82. The van der Waals surface area contributed by atoms with Gasteiger partial charge in [-0.25, -0.2) is 9.37 Å². The van der Waals surface area contributed by atoms with E-state index in [1.165, 1.54) is 44.2 Å². The van der Waals surface area contributed by atoms with Crippen LogP contribution in [0.15, 0.2) is 52.5 Å². The van der Waals surface area contributed by atoms with Crippen molar-refractivity contribution in [3.63, 3.8) is 0 Å². The molecule has 4 nitrogen and oxygen atoms in total. The summed E-state index contributed by atoms with van der Waals surface area (Å²) in [7, 11) is 0. The molecule has 0 saturated heterocycles. The number of halogens is 2. The highest BCUT2D eigenvalue weighted by molar-refractivity contribution is 6.42. The van der Waals surface area contributed by atoms with Gasteiger partial charge in [0.25, 0.3) is 0 Å². The van der Waals surface area contributed by atoms with Crippen molar-refractivity contribution >= 4 is 29.2 Å². The van der Waals surface area contributed by atoms with Crippen molar-refractivity contribution in [3.8, 4) is 0 Å². The SMILES string of the molecule is C/C(=C(Cl)\C=N/CNCC1CCCCC1)c1cccc(NCc2cccc(F)c2)n1. The summed E-state index contributed by atoms with van der Waals surface area (Å²) in [6.45, 7) is 4.03. The van der Waals surface area contributed by atoms with Crippen LogP contribution in [0.4, 0.5) is 10.2 Å². The topological polar surface area (TPSA) is 49.3 Å². The summed E-state index contributed by atoms with van der Waals surface area (Å²) in [4.78, 5) is 9.02. The van der Waals surface area contributed by atoms with Crippen LogP contribution >= 0.6 is 11.6 Å². The van der Waals surface area contributed by atoms with Crippen molar-refractivity contribution < 1.29 is 4.39 Å². The minimum absolute atomic E-state index is 0.242. The molecule has 2 aromatic rings. The highest BCUT2D eigenvalue weighted by atomic mass is 35.5. The largest absolute Gasteiger partial charge is 0.366 e. The van der Waals surface area contributed by atoms with Crippen LogP contribution in [0.3, 0.4) is 0 Å². The van der Waals surface area contributed by atoms with E-state index in [2.05, 4.69) is 20.6 Å². The predicted molar refractivity (Wildman–Crippen MR) is 124 cm³/mol. The molecule has 1 saturated carbocycles. The Bertz CT molecular complexity index is 875. The number of anilines is 1. The lowest BCUT2D eigenvalue weighted by Gasteiger charge is -2.21. The molecule has 2 N–H and O–H groups in total. The molecule has 0 bridgehead atoms. The molecule has 1 aliphatic carbocycles. The van der Waals surface area contributed by atoms with Gasteiger partial charge in [0.1, 0.15) is 11.6 Å². The monoisotopic (exact) mass is 428 g/mol. The molecule has 30 heavy (non-hydrogen) atoms. The Hall–Kier alpha value is -2.24. The second-order valence-electron chi connectivity index (χ2n) is 7.79. The molecule has 1 heterocycles. The maximum atomic E-state index is 13.3. The number of nitrogens with zero attached hydrogens (tertiary/aromatic N) is 2. The molecule has 0 amide bonds. The number of allylic oxidation sites excluding steroid dienone is 2. The molecular formula is C24H30ClFN4. The molecule has 0 aliphatic heterocycles. The lowest BCUT2D eigenvalue weighted by molar-refractivity contribution is 0.344. The summed E-state index contributed by atoms with van der Waals surface area (Å²) in [5.74, 6) is 1.26. The van der Waals surface area contributed by atoms with Gasteiger partial charge in [0.15, 0.2) is 0 Å². The summed E-state index contributed by atoms with van der Waals surface area (Å²) in [5.41, 5.74) is 2.51. The average Bonchev–Trinajstić information content (AvgIpc) is 2.78. The van der Waals surface area contributed by atoms with E-state index in [9.17, 15) is 4.39 Å². The fourth-order valence-electron chi connectivity index (χ4n) is 3.65. The third-order valence-corrected chi connectivity index (χ3v) is 5.80. The molecular weight excluding hydrogens is 399 g/mol. The lowest BCUT2D eigenvalue weighted by atomic mass is 9.89. The first kappa shape index (κ1) is 22.4. The summed E-state index contributed by atoms with van der Waals surface area (Å²) < 4.78 is 13.3. The van der Waals surface area contributed by atoms with E-state index in [4.69, 9.17) is 11.6 Å². The van der Waals surface area contributed by atoms with Crippen molar-refractivity contribution in [2.45, 2.75) is 45.6 Å². The van der Waals surface area contributed by atoms with E-state index in [0.29, 0.717) is 24.1 Å². The van der Waals surface area contributed by atoms with E-state index >= 15 is 0 Å². The highest BCUT2D eigenvalue weighted by Gasteiger charge is 2.12. The zero-order valence-electron chi connectivity index (χ0n) is 17.5. The van der Waals surface area contributed by atoms with Gasteiger partial charge >= 0.3 is 0 Å². The molecule has 0 unspecified atom stereocenters. The Labute approximate surface area is 183 Å². The second kappa shape index (κ2) is 11.8. The predicted octanol–water partition coefficient (Wildman–Crippen LogP) is 6.00. The van der Waals surface area contributed by atoms with Gasteiger partial charge in [0.05, 0.1) is 17.4 Å². The van der Waals surface area contributed by atoms with Crippen molar-refractivity contribution in [1.29, 1.82) is 0 Å². The summed E-state index contributed by atoms with van der Waals surface area (Å²) in [6, 6.07) is 12.2. The van der Waals surface area contributed by atoms with Gasteiger partial charge in [-0.15, -0.1) is 0 Å². The second-order valence-corrected chi connectivity index (χ2v) is 8.20. The minimum Gasteiger partial charge on any atom is -0.366 e. The Morgan fingerprint density at radius 2 is 2.00 bits per heavy atom. The number of pyridine rings is 1. The maximum absolute atomic E-state index is 13.3. The molecule has 1 fully saturated rings. The van der Waals surface area contributed by atoms with Crippen molar-refractivity contribution in [2.24, 2.45) is 10.9 Å². The highest BCUT2D eigenvalue weighted by Crippen LogP contribution is 2.23. The maximum Gasteiger partial charge on any atom is 0.126 e. The zero-order valence-corrected chi connectivity index (χ0v) is 18.3. The number of aromatic nitrogens is 1. The molecule has 0 atom stereocenters. The number of hydrogen-bond donors (Lipinski definition) is 2. The van der Waals surface area contributed by atoms with Crippen molar-refractivity contribution in [3.05, 3.63) is 64.6 Å². The Morgan fingerprint density at radius 3 is 2.80 bits per heavy atom. The van der Waals surface area contributed by atoms with Crippen LogP contribution in [0.25, 0.3) is 5.57 Å². The van der Waals surface area contributed by atoms with Gasteiger partial charge in [-0.3, -0.25) is 10.3 Å². The van der Waals surface area contributed by atoms with Gasteiger partial charge in [0, 0.05) is 12.8 Å². The van der Waals surface area contributed by atoms with Crippen LogP contribution in [0.5, 0.6) is 0 Å². The molecule has 1 aromatic carbocycles. The van der Waals surface area contributed by atoms with E-state index in [-0.39, 0.29) is 5.82 Å². The summed E-state index contributed by atoms with van der Waals surface area (Å²) in [5, 5.41) is 7.20. The summed E-state index contributed by atoms with van der Waals surface area (Å²) >= 11 is 6.44. The Balaban J connectivity index is 1.51. The summed E-state index contributed by atoms with van der Waals surface area (Å²) in [6.07, 6.45) is 8.43. The third-order valence-electron chi connectivity index (χ3n) is 5.42. The van der Waals surface area contributed by atoms with Crippen molar-refractivity contribution in [2.75, 3.05) is 18.5 Å². The molecule has 6 heteroatoms. The smallest absolute Gasteiger partial charge is 0.126 e. The minimum atomic E-state index is -0.242.